The average molecular weight is 1150 g/mol. The van der Waals surface area contributed by atoms with Crippen LogP contribution in [-0.2, 0) is 0 Å². The van der Waals surface area contributed by atoms with Gasteiger partial charge in [0.15, 0.2) is 5.82 Å². The third-order valence-corrected chi connectivity index (χ3v) is 18.8. The lowest BCUT2D eigenvalue weighted by molar-refractivity contribution is 0.893. The summed E-state index contributed by atoms with van der Waals surface area (Å²) in [4.78, 5) is 17.0. The maximum atomic E-state index is 5.72. The van der Waals surface area contributed by atoms with Crippen LogP contribution in [0.5, 0.6) is 0 Å². The van der Waals surface area contributed by atoms with Crippen molar-refractivity contribution in [2.24, 2.45) is 0 Å². The summed E-state index contributed by atoms with van der Waals surface area (Å²) < 4.78 is 14.1. The SMILES string of the molecule is c1ccc(-n2c3ccccc3c3cc4c(cc32)c2ccccc2n4-c2nc(-c3ccc(-n4c5ccccc5c5c4ccc4c6ccccc6n(-c6ccccc6)c45)cc3)nc(-n3c4ccccc4c4cc5c(cc43)c3ccccc3n5-c3ccccc3)n2)cc1. The molecule has 20 rings (SSSR count). The Balaban J connectivity index is 0.845. The van der Waals surface area contributed by atoms with Gasteiger partial charge < -0.3 is 18.3 Å². The van der Waals surface area contributed by atoms with Gasteiger partial charge in [0.25, 0.3) is 0 Å². The van der Waals surface area contributed by atoms with Gasteiger partial charge in [0.2, 0.25) is 11.9 Å². The van der Waals surface area contributed by atoms with Gasteiger partial charge in [0, 0.05) is 92.9 Å². The smallest absolute Gasteiger partial charge is 0.240 e. The Labute approximate surface area is 513 Å². The van der Waals surface area contributed by atoms with E-state index in [1.807, 2.05) is 0 Å². The summed E-state index contributed by atoms with van der Waals surface area (Å²) in [5.41, 5.74) is 18.4. The Morgan fingerprint density at radius 2 is 0.500 bits per heavy atom. The van der Waals surface area contributed by atoms with Crippen molar-refractivity contribution in [3.8, 4) is 46.0 Å². The molecule has 0 aliphatic rings. The highest BCUT2D eigenvalue weighted by Crippen LogP contribution is 2.45. The molecule has 13 aromatic carbocycles. The van der Waals surface area contributed by atoms with E-state index in [0.717, 1.165) is 116 Å². The van der Waals surface area contributed by atoms with Crippen molar-refractivity contribution >= 4 is 131 Å². The fraction of sp³-hybridized carbons (Fsp3) is 0. The molecule has 0 N–H and O–H groups in total. The van der Waals surface area contributed by atoms with Crippen molar-refractivity contribution in [3.05, 3.63) is 297 Å². The van der Waals surface area contributed by atoms with Crippen LogP contribution in [0.4, 0.5) is 0 Å². The summed E-state index contributed by atoms with van der Waals surface area (Å²) in [6.07, 6.45) is 0. The molecule has 0 spiro atoms. The molecule has 7 aromatic heterocycles. The molecule has 0 saturated heterocycles. The summed E-state index contributed by atoms with van der Waals surface area (Å²) >= 11 is 0. The first-order chi connectivity index (χ1) is 44.7. The lowest BCUT2D eigenvalue weighted by Gasteiger charge is -2.14. The van der Waals surface area contributed by atoms with Crippen molar-refractivity contribution < 1.29 is 0 Å². The van der Waals surface area contributed by atoms with Gasteiger partial charge in [-0.25, -0.2) is 0 Å². The molecule has 0 aliphatic heterocycles. The summed E-state index contributed by atoms with van der Waals surface area (Å²) in [7, 11) is 0. The quantitative estimate of drug-likeness (QED) is 0.160. The molecule has 0 atom stereocenters. The van der Waals surface area contributed by atoms with Crippen molar-refractivity contribution in [1.29, 1.82) is 0 Å². The highest BCUT2D eigenvalue weighted by atomic mass is 15.3. The highest BCUT2D eigenvalue weighted by molar-refractivity contribution is 6.27. The van der Waals surface area contributed by atoms with Gasteiger partial charge in [-0.15, -0.1) is 0 Å². The first kappa shape index (κ1) is 48.9. The molecular formula is C81H49N9. The molecular weight excluding hydrogens is 1100 g/mol. The van der Waals surface area contributed by atoms with Gasteiger partial charge in [0.1, 0.15) is 0 Å². The number of hydrogen-bond acceptors (Lipinski definition) is 3. The van der Waals surface area contributed by atoms with E-state index in [4.69, 9.17) is 15.0 Å². The third kappa shape index (κ3) is 6.82. The number of benzene rings is 13. The van der Waals surface area contributed by atoms with Crippen molar-refractivity contribution in [1.82, 2.24) is 42.4 Å². The standard InChI is InChI=1S/C81H49N9/c1-4-22-51(23-5-1)86-66-34-16-11-29-56(66)62-48-75-64(46-73(62)86)58-31-13-19-37-69(58)89(75)80-82-79(83-81(84-80)90-70-38-20-14-32-59(70)65-47-74-63(49-76(65)90)57-30-12-17-35-67(57)87(74)52-24-6-2-7-25-52)50-40-42-54(43-41-50)85-71-39-21-15-33-61(71)77-72(85)45-44-60-55-28-10-18-36-68(55)88(78(60)77)53-26-8-3-9-27-53/h1-49H. The van der Waals surface area contributed by atoms with Crippen LogP contribution in [-0.4, -0.2) is 42.4 Å². The Morgan fingerprint density at radius 1 is 0.189 bits per heavy atom. The fourth-order valence-corrected chi connectivity index (χ4v) is 15.1. The van der Waals surface area contributed by atoms with Gasteiger partial charge in [-0.1, -0.05) is 170 Å². The van der Waals surface area contributed by atoms with Crippen LogP contribution in [0.25, 0.3) is 177 Å². The third-order valence-electron chi connectivity index (χ3n) is 18.8. The van der Waals surface area contributed by atoms with Gasteiger partial charge in [0.05, 0.1) is 66.2 Å². The Morgan fingerprint density at radius 3 is 0.933 bits per heavy atom. The van der Waals surface area contributed by atoms with Gasteiger partial charge >= 0.3 is 0 Å². The zero-order chi connectivity index (χ0) is 58.7. The zero-order valence-electron chi connectivity index (χ0n) is 48.3. The molecule has 9 heteroatoms. The Bertz CT molecular complexity index is 6130. The molecule has 418 valence electrons. The van der Waals surface area contributed by atoms with E-state index < -0.39 is 0 Å². The normalized spacial score (nSPS) is 12.2. The van der Waals surface area contributed by atoms with E-state index in [1.54, 1.807) is 0 Å². The van der Waals surface area contributed by atoms with E-state index in [1.165, 1.54) is 43.4 Å². The van der Waals surface area contributed by atoms with E-state index in [2.05, 4.69) is 325 Å². The lowest BCUT2D eigenvalue weighted by atomic mass is 10.1. The van der Waals surface area contributed by atoms with Crippen LogP contribution in [0.15, 0.2) is 297 Å². The van der Waals surface area contributed by atoms with Crippen molar-refractivity contribution in [2.75, 3.05) is 0 Å². The van der Waals surface area contributed by atoms with Gasteiger partial charge in [-0.2, -0.15) is 15.0 Å². The summed E-state index contributed by atoms with van der Waals surface area (Å²) in [6.45, 7) is 0. The molecule has 0 radical (unpaired) electrons. The van der Waals surface area contributed by atoms with Crippen LogP contribution in [0.3, 0.4) is 0 Å². The molecule has 0 fully saturated rings. The van der Waals surface area contributed by atoms with Crippen molar-refractivity contribution in [3.63, 3.8) is 0 Å². The topological polar surface area (TPSA) is 68.2 Å². The fourth-order valence-electron chi connectivity index (χ4n) is 15.1. The Kier molecular flexibility index (Phi) is 10.1. The number of aromatic nitrogens is 9. The molecule has 0 saturated carbocycles. The lowest BCUT2D eigenvalue weighted by Crippen LogP contribution is -2.10. The van der Waals surface area contributed by atoms with E-state index >= 15 is 0 Å². The minimum absolute atomic E-state index is 0.518. The second-order valence-electron chi connectivity index (χ2n) is 23.6. The minimum Gasteiger partial charge on any atom is -0.309 e. The number of fused-ring (bicyclic) bond motifs is 19. The summed E-state index contributed by atoms with van der Waals surface area (Å²) in [5.74, 6) is 1.59. The second kappa shape index (κ2) is 18.6. The highest BCUT2D eigenvalue weighted by Gasteiger charge is 2.26. The number of nitrogens with zero attached hydrogens (tertiary/aromatic N) is 9. The molecule has 90 heavy (non-hydrogen) atoms. The zero-order valence-corrected chi connectivity index (χ0v) is 48.3. The maximum Gasteiger partial charge on any atom is 0.240 e. The van der Waals surface area contributed by atoms with Crippen LogP contribution >= 0.6 is 0 Å². The molecule has 0 aliphatic carbocycles. The molecule has 20 aromatic rings. The molecule has 9 nitrogen and oxygen atoms in total. The second-order valence-corrected chi connectivity index (χ2v) is 23.6. The predicted molar refractivity (Wildman–Crippen MR) is 371 cm³/mol. The largest absolute Gasteiger partial charge is 0.309 e. The Hall–Kier alpha value is -12.3. The van der Waals surface area contributed by atoms with E-state index in [9.17, 15) is 0 Å². The maximum absolute atomic E-state index is 5.72. The molecule has 0 unspecified atom stereocenters. The van der Waals surface area contributed by atoms with Crippen LogP contribution in [0.2, 0.25) is 0 Å². The summed E-state index contributed by atoms with van der Waals surface area (Å²) in [6, 6.07) is 107. The predicted octanol–water partition coefficient (Wildman–Crippen LogP) is 20.1. The first-order valence-corrected chi connectivity index (χ1v) is 30.6. The molecule has 7 heterocycles. The van der Waals surface area contributed by atoms with Crippen LogP contribution < -0.4 is 0 Å². The van der Waals surface area contributed by atoms with Gasteiger partial charge in [-0.05, 0) is 127 Å². The van der Waals surface area contributed by atoms with E-state index in [-0.39, 0.29) is 0 Å². The van der Waals surface area contributed by atoms with Crippen molar-refractivity contribution in [2.45, 2.75) is 0 Å². The first-order valence-electron chi connectivity index (χ1n) is 30.6. The monoisotopic (exact) mass is 1150 g/mol. The molecule has 0 bridgehead atoms. The minimum atomic E-state index is 0.518. The van der Waals surface area contributed by atoms with E-state index in [0.29, 0.717) is 17.7 Å². The van der Waals surface area contributed by atoms with Crippen LogP contribution in [0.1, 0.15) is 0 Å². The summed E-state index contributed by atoms with van der Waals surface area (Å²) in [5, 5.41) is 13.9. The average Bonchev–Trinajstić information content (AvgIpc) is 1.59. The molecule has 0 amide bonds. The number of para-hydroxylation sites is 9. The number of hydrogen-bond donors (Lipinski definition) is 0. The van der Waals surface area contributed by atoms with Crippen LogP contribution in [0, 0.1) is 0 Å². The van der Waals surface area contributed by atoms with Gasteiger partial charge in [-0.3, -0.25) is 9.13 Å². The number of rotatable bonds is 7.